The fraction of sp³-hybridized carbons (Fsp3) is 0.381. The lowest BCUT2D eigenvalue weighted by Gasteiger charge is -2.37. The molecule has 0 fully saturated rings. The van der Waals surface area contributed by atoms with Gasteiger partial charge in [-0.25, -0.2) is 0 Å². The smallest absolute Gasteiger partial charge is 0.173 e. The van der Waals surface area contributed by atoms with Crippen molar-refractivity contribution < 1.29 is 9.47 Å². The van der Waals surface area contributed by atoms with E-state index in [0.717, 1.165) is 36.0 Å². The third-order valence-corrected chi connectivity index (χ3v) is 4.96. The summed E-state index contributed by atoms with van der Waals surface area (Å²) in [4.78, 5) is 4.37. The standard InChI is InChI=1S/C21H27N3O2S/c1-4-24-15-18(26-20-9-7-6-8-19(20)24)14-23(3)21(27)22-16-10-12-17(13-11-16)25-5-2/h6-13,18H,4-5,14-15H2,1-3H3,(H,22,27)/t18-/m0/s1. The number of hydrogen-bond acceptors (Lipinski definition) is 4. The highest BCUT2D eigenvalue weighted by molar-refractivity contribution is 7.80. The number of rotatable bonds is 6. The molecule has 0 amide bonds. The zero-order chi connectivity index (χ0) is 19.2. The molecule has 0 spiro atoms. The summed E-state index contributed by atoms with van der Waals surface area (Å²) in [5.41, 5.74) is 2.11. The molecule has 6 heteroatoms. The lowest BCUT2D eigenvalue weighted by molar-refractivity contribution is 0.169. The van der Waals surface area contributed by atoms with Crippen LogP contribution in [0.3, 0.4) is 0 Å². The van der Waals surface area contributed by atoms with Gasteiger partial charge in [0.25, 0.3) is 0 Å². The van der Waals surface area contributed by atoms with Crippen molar-refractivity contribution in [2.75, 3.05) is 43.5 Å². The van der Waals surface area contributed by atoms with Crippen LogP contribution in [0.4, 0.5) is 11.4 Å². The summed E-state index contributed by atoms with van der Waals surface area (Å²) in [6.07, 6.45) is 0.0601. The molecule has 1 aliphatic rings. The summed E-state index contributed by atoms with van der Waals surface area (Å²) < 4.78 is 11.7. The summed E-state index contributed by atoms with van der Waals surface area (Å²) in [5.74, 6) is 1.80. The van der Waals surface area contributed by atoms with E-state index in [1.807, 2.05) is 61.3 Å². The van der Waals surface area contributed by atoms with Gasteiger partial charge in [-0.1, -0.05) is 12.1 Å². The molecule has 5 nitrogen and oxygen atoms in total. The van der Waals surface area contributed by atoms with E-state index in [2.05, 4.69) is 23.2 Å². The summed E-state index contributed by atoms with van der Waals surface area (Å²) in [7, 11) is 1.99. The van der Waals surface area contributed by atoms with E-state index in [4.69, 9.17) is 21.7 Å². The molecular formula is C21H27N3O2S. The first-order valence-electron chi connectivity index (χ1n) is 9.36. The second-order valence-electron chi connectivity index (χ2n) is 6.51. The van der Waals surface area contributed by atoms with E-state index < -0.39 is 0 Å². The van der Waals surface area contributed by atoms with Gasteiger partial charge in [-0.2, -0.15) is 0 Å². The van der Waals surface area contributed by atoms with Gasteiger partial charge >= 0.3 is 0 Å². The first-order valence-corrected chi connectivity index (χ1v) is 9.77. The molecule has 0 aliphatic carbocycles. The molecule has 0 aromatic heterocycles. The molecule has 0 saturated carbocycles. The van der Waals surface area contributed by atoms with Gasteiger partial charge in [0.05, 0.1) is 25.4 Å². The minimum atomic E-state index is 0.0601. The first-order chi connectivity index (χ1) is 13.1. The Morgan fingerprint density at radius 2 is 1.96 bits per heavy atom. The van der Waals surface area contributed by atoms with Gasteiger partial charge in [0, 0.05) is 19.3 Å². The van der Waals surface area contributed by atoms with Crippen molar-refractivity contribution in [2.45, 2.75) is 20.0 Å². The number of para-hydroxylation sites is 2. The zero-order valence-corrected chi connectivity index (χ0v) is 17.0. The van der Waals surface area contributed by atoms with Crippen molar-refractivity contribution in [3.63, 3.8) is 0 Å². The average molecular weight is 386 g/mol. The fourth-order valence-electron chi connectivity index (χ4n) is 3.18. The van der Waals surface area contributed by atoms with Gasteiger partial charge in [-0.3, -0.25) is 0 Å². The number of hydrogen-bond donors (Lipinski definition) is 1. The molecule has 0 bridgehead atoms. The largest absolute Gasteiger partial charge is 0.494 e. The van der Waals surface area contributed by atoms with E-state index in [-0.39, 0.29) is 6.10 Å². The van der Waals surface area contributed by atoms with Crippen molar-refractivity contribution in [3.8, 4) is 11.5 Å². The van der Waals surface area contributed by atoms with Gasteiger partial charge in [0.15, 0.2) is 5.11 Å². The van der Waals surface area contributed by atoms with E-state index in [1.165, 1.54) is 0 Å². The second kappa shape index (κ2) is 8.95. The maximum atomic E-state index is 6.19. The Labute approximate surface area is 166 Å². The van der Waals surface area contributed by atoms with Crippen LogP contribution in [0, 0.1) is 0 Å². The summed E-state index contributed by atoms with van der Waals surface area (Å²) >= 11 is 5.56. The number of likely N-dealkylation sites (N-methyl/N-ethyl adjacent to an activating group) is 2. The van der Waals surface area contributed by atoms with Crippen LogP contribution in [0.1, 0.15) is 13.8 Å². The van der Waals surface area contributed by atoms with Gasteiger partial charge in [0.2, 0.25) is 0 Å². The molecule has 0 unspecified atom stereocenters. The Kier molecular flexibility index (Phi) is 6.40. The van der Waals surface area contributed by atoms with Gasteiger partial charge in [-0.05, 0) is 62.5 Å². The monoisotopic (exact) mass is 385 g/mol. The molecule has 0 saturated heterocycles. The van der Waals surface area contributed by atoms with E-state index in [9.17, 15) is 0 Å². The SMILES string of the molecule is CCOc1ccc(NC(=S)N(C)C[C@H]2CN(CC)c3ccccc3O2)cc1. The van der Waals surface area contributed by atoms with Crippen LogP contribution in [0.15, 0.2) is 48.5 Å². The predicted octanol–water partition coefficient (Wildman–Crippen LogP) is 4.00. The Hall–Kier alpha value is -2.47. The van der Waals surface area contributed by atoms with E-state index >= 15 is 0 Å². The van der Waals surface area contributed by atoms with Crippen molar-refractivity contribution in [1.29, 1.82) is 0 Å². The Morgan fingerprint density at radius 3 is 2.67 bits per heavy atom. The molecule has 1 atom stereocenters. The first kappa shape index (κ1) is 19.3. The maximum Gasteiger partial charge on any atom is 0.173 e. The van der Waals surface area contributed by atoms with Crippen LogP contribution >= 0.6 is 12.2 Å². The van der Waals surface area contributed by atoms with Crippen LogP contribution in [-0.2, 0) is 0 Å². The number of fused-ring (bicyclic) bond motifs is 1. The number of nitrogens with one attached hydrogen (secondary N) is 1. The Balaban J connectivity index is 1.58. The van der Waals surface area contributed by atoms with Gasteiger partial charge in [-0.15, -0.1) is 0 Å². The normalized spacial score (nSPS) is 15.5. The van der Waals surface area contributed by atoms with Crippen LogP contribution in [0.2, 0.25) is 0 Å². The molecule has 144 valence electrons. The summed E-state index contributed by atoms with van der Waals surface area (Å²) in [5, 5.41) is 3.95. The third kappa shape index (κ3) is 4.83. The molecule has 3 rings (SSSR count). The molecular weight excluding hydrogens is 358 g/mol. The van der Waals surface area contributed by atoms with Crippen LogP contribution < -0.4 is 19.7 Å². The highest BCUT2D eigenvalue weighted by atomic mass is 32.1. The van der Waals surface area contributed by atoms with E-state index in [1.54, 1.807) is 0 Å². The van der Waals surface area contributed by atoms with Crippen LogP contribution in [0.25, 0.3) is 0 Å². The fourth-order valence-corrected chi connectivity index (χ4v) is 3.37. The lowest BCUT2D eigenvalue weighted by Crippen LogP contribution is -2.47. The van der Waals surface area contributed by atoms with Crippen molar-refractivity contribution >= 4 is 28.7 Å². The topological polar surface area (TPSA) is 37.0 Å². The number of nitrogens with zero attached hydrogens (tertiary/aromatic N) is 2. The molecule has 2 aromatic rings. The van der Waals surface area contributed by atoms with Crippen LogP contribution in [-0.4, -0.2) is 49.4 Å². The summed E-state index contributed by atoms with van der Waals surface area (Å²) in [6, 6.07) is 16.0. The highest BCUT2D eigenvalue weighted by Gasteiger charge is 2.26. The number of thiocarbonyl (C=S) groups is 1. The highest BCUT2D eigenvalue weighted by Crippen LogP contribution is 2.32. The Bertz CT molecular complexity index is 766. The number of benzene rings is 2. The number of ether oxygens (including phenoxy) is 2. The minimum Gasteiger partial charge on any atom is -0.494 e. The van der Waals surface area contributed by atoms with E-state index in [0.29, 0.717) is 18.3 Å². The Morgan fingerprint density at radius 1 is 1.22 bits per heavy atom. The molecule has 2 aromatic carbocycles. The minimum absolute atomic E-state index is 0.0601. The second-order valence-corrected chi connectivity index (χ2v) is 6.90. The maximum absolute atomic E-state index is 6.19. The zero-order valence-electron chi connectivity index (χ0n) is 16.1. The third-order valence-electron chi connectivity index (χ3n) is 4.55. The lowest BCUT2D eigenvalue weighted by atomic mass is 10.2. The number of anilines is 2. The molecule has 1 heterocycles. The van der Waals surface area contributed by atoms with Gasteiger partial charge in [0.1, 0.15) is 17.6 Å². The predicted molar refractivity (Wildman–Crippen MR) is 115 cm³/mol. The molecule has 27 heavy (non-hydrogen) atoms. The van der Waals surface area contributed by atoms with Crippen molar-refractivity contribution in [2.24, 2.45) is 0 Å². The molecule has 1 aliphatic heterocycles. The quantitative estimate of drug-likeness (QED) is 0.758. The average Bonchev–Trinajstić information content (AvgIpc) is 2.69. The van der Waals surface area contributed by atoms with Crippen molar-refractivity contribution in [1.82, 2.24) is 4.90 Å². The van der Waals surface area contributed by atoms with Gasteiger partial charge < -0.3 is 24.6 Å². The summed E-state index contributed by atoms with van der Waals surface area (Å²) in [6.45, 7) is 7.32. The van der Waals surface area contributed by atoms with Crippen molar-refractivity contribution in [3.05, 3.63) is 48.5 Å². The molecule has 0 radical (unpaired) electrons. The molecule has 1 N–H and O–H groups in total. The van der Waals surface area contributed by atoms with Crippen LogP contribution in [0.5, 0.6) is 11.5 Å².